The zero-order valence-corrected chi connectivity index (χ0v) is 12.1. The zero-order chi connectivity index (χ0) is 14.5. The van der Waals surface area contributed by atoms with Crippen LogP contribution < -0.4 is 5.73 Å². The maximum atomic E-state index is 5.67. The van der Waals surface area contributed by atoms with Crippen LogP contribution in [0.4, 0.5) is 0 Å². The number of aromatic nitrogens is 1. The summed E-state index contributed by atoms with van der Waals surface area (Å²) in [7, 11) is 0. The topological polar surface area (TPSA) is 30.9 Å². The van der Waals surface area contributed by atoms with E-state index < -0.39 is 0 Å². The van der Waals surface area contributed by atoms with E-state index >= 15 is 0 Å². The first-order valence-electron chi connectivity index (χ1n) is 7.41. The summed E-state index contributed by atoms with van der Waals surface area (Å²) in [6.45, 7) is 0.723. The molecule has 2 aromatic carbocycles. The Hall–Kier alpha value is -2.32. The van der Waals surface area contributed by atoms with Crippen LogP contribution in [-0.2, 0) is 6.42 Å². The maximum absolute atomic E-state index is 5.67. The van der Waals surface area contributed by atoms with Gasteiger partial charge in [0, 0.05) is 11.4 Å². The van der Waals surface area contributed by atoms with Gasteiger partial charge < -0.3 is 10.3 Å². The molecule has 2 N–H and O–H groups in total. The van der Waals surface area contributed by atoms with Crippen LogP contribution >= 0.6 is 0 Å². The molecule has 0 atom stereocenters. The van der Waals surface area contributed by atoms with Crippen molar-refractivity contribution in [1.82, 2.24) is 4.57 Å². The van der Waals surface area contributed by atoms with Crippen molar-refractivity contribution in [3.63, 3.8) is 0 Å². The van der Waals surface area contributed by atoms with Crippen LogP contribution in [0.2, 0.25) is 0 Å². The monoisotopic (exact) mass is 276 g/mol. The molecule has 0 unspecified atom stereocenters. The van der Waals surface area contributed by atoms with Crippen molar-refractivity contribution in [2.45, 2.75) is 12.8 Å². The highest BCUT2D eigenvalue weighted by atomic mass is 15.0. The number of nitrogens with zero attached hydrogens (tertiary/aromatic N) is 1. The van der Waals surface area contributed by atoms with E-state index in [9.17, 15) is 0 Å². The Morgan fingerprint density at radius 2 is 1.43 bits per heavy atom. The van der Waals surface area contributed by atoms with E-state index in [1.165, 1.54) is 22.6 Å². The molecule has 0 radical (unpaired) electrons. The fraction of sp³-hybridized carbons (Fsp3) is 0.158. The van der Waals surface area contributed by atoms with Crippen molar-refractivity contribution in [3.8, 4) is 16.9 Å². The van der Waals surface area contributed by atoms with Gasteiger partial charge in [0.05, 0.1) is 5.69 Å². The molecule has 0 aliphatic heterocycles. The number of aryl methyl sites for hydroxylation is 1. The average molecular weight is 276 g/mol. The fourth-order valence-corrected chi connectivity index (χ4v) is 2.67. The largest absolute Gasteiger partial charge is 0.330 e. The fourth-order valence-electron chi connectivity index (χ4n) is 2.67. The van der Waals surface area contributed by atoms with Crippen molar-refractivity contribution >= 4 is 0 Å². The van der Waals surface area contributed by atoms with Crippen LogP contribution in [0.3, 0.4) is 0 Å². The van der Waals surface area contributed by atoms with E-state index in [1.807, 2.05) is 0 Å². The molecule has 0 spiro atoms. The normalized spacial score (nSPS) is 10.7. The lowest BCUT2D eigenvalue weighted by Gasteiger charge is -2.14. The molecule has 21 heavy (non-hydrogen) atoms. The summed E-state index contributed by atoms with van der Waals surface area (Å²) in [4.78, 5) is 0. The molecule has 3 rings (SSSR count). The summed E-state index contributed by atoms with van der Waals surface area (Å²) >= 11 is 0. The Kier molecular flexibility index (Phi) is 4.17. The second-order valence-corrected chi connectivity index (χ2v) is 5.14. The van der Waals surface area contributed by atoms with Gasteiger partial charge in [-0.2, -0.15) is 0 Å². The maximum Gasteiger partial charge on any atom is 0.0531 e. The van der Waals surface area contributed by atoms with Crippen LogP contribution in [0.5, 0.6) is 0 Å². The number of hydrogen-bond donors (Lipinski definition) is 1. The number of para-hydroxylation sites is 1. The third kappa shape index (κ3) is 2.91. The van der Waals surface area contributed by atoms with E-state index in [2.05, 4.69) is 77.4 Å². The van der Waals surface area contributed by atoms with Gasteiger partial charge >= 0.3 is 0 Å². The van der Waals surface area contributed by atoms with Gasteiger partial charge in [-0.05, 0) is 49.2 Å². The van der Waals surface area contributed by atoms with Gasteiger partial charge in [-0.15, -0.1) is 0 Å². The van der Waals surface area contributed by atoms with Gasteiger partial charge in [0.2, 0.25) is 0 Å². The smallest absolute Gasteiger partial charge is 0.0531 e. The van der Waals surface area contributed by atoms with Gasteiger partial charge in [0.15, 0.2) is 0 Å². The second kappa shape index (κ2) is 6.42. The molecular formula is C19H20N2. The van der Waals surface area contributed by atoms with Crippen molar-refractivity contribution < 1.29 is 0 Å². The standard InChI is InChI=1S/C19H20N2/c20-15-7-12-18-13-14-19(16-8-3-1-4-9-16)21(18)17-10-5-2-6-11-17/h1-6,8-11,13-14H,7,12,15,20H2. The molecular weight excluding hydrogens is 256 g/mol. The number of rotatable bonds is 5. The quantitative estimate of drug-likeness (QED) is 0.749. The minimum Gasteiger partial charge on any atom is -0.330 e. The number of nitrogens with two attached hydrogens (primary N) is 1. The molecule has 0 bridgehead atoms. The predicted octanol–water partition coefficient (Wildman–Crippen LogP) is 4.04. The zero-order valence-electron chi connectivity index (χ0n) is 12.1. The first-order valence-corrected chi connectivity index (χ1v) is 7.41. The summed E-state index contributed by atoms with van der Waals surface area (Å²) in [5.41, 5.74) is 10.7. The second-order valence-electron chi connectivity index (χ2n) is 5.14. The van der Waals surface area contributed by atoms with Crippen molar-refractivity contribution in [2.75, 3.05) is 6.54 Å². The lowest BCUT2D eigenvalue weighted by molar-refractivity contribution is 0.791. The van der Waals surface area contributed by atoms with Gasteiger partial charge in [0.1, 0.15) is 0 Å². The highest BCUT2D eigenvalue weighted by molar-refractivity contribution is 5.64. The SMILES string of the molecule is NCCCc1ccc(-c2ccccc2)n1-c1ccccc1. The molecule has 1 aromatic heterocycles. The van der Waals surface area contributed by atoms with Crippen LogP contribution in [0.1, 0.15) is 12.1 Å². The van der Waals surface area contributed by atoms with Crippen LogP contribution in [0, 0.1) is 0 Å². The Labute approximate surface area is 125 Å². The lowest BCUT2D eigenvalue weighted by Crippen LogP contribution is -2.05. The first kappa shape index (κ1) is 13.7. The Morgan fingerprint density at radius 3 is 2.10 bits per heavy atom. The van der Waals surface area contributed by atoms with E-state index in [1.54, 1.807) is 0 Å². The summed E-state index contributed by atoms with van der Waals surface area (Å²) < 4.78 is 2.34. The number of hydrogen-bond acceptors (Lipinski definition) is 1. The number of benzene rings is 2. The molecule has 106 valence electrons. The minimum atomic E-state index is 0.723. The molecule has 0 fully saturated rings. The lowest BCUT2D eigenvalue weighted by atomic mass is 10.1. The Morgan fingerprint density at radius 1 is 0.762 bits per heavy atom. The summed E-state index contributed by atoms with van der Waals surface area (Å²) in [5.74, 6) is 0. The van der Waals surface area contributed by atoms with Crippen molar-refractivity contribution in [1.29, 1.82) is 0 Å². The van der Waals surface area contributed by atoms with Crippen molar-refractivity contribution in [3.05, 3.63) is 78.5 Å². The van der Waals surface area contributed by atoms with E-state index in [0.717, 1.165) is 19.4 Å². The molecule has 2 nitrogen and oxygen atoms in total. The molecule has 0 saturated heterocycles. The average Bonchev–Trinajstić information content (AvgIpc) is 2.98. The predicted molar refractivity (Wildman–Crippen MR) is 88.6 cm³/mol. The van der Waals surface area contributed by atoms with Crippen LogP contribution in [-0.4, -0.2) is 11.1 Å². The summed E-state index contributed by atoms with van der Waals surface area (Å²) in [6.07, 6.45) is 2.00. The van der Waals surface area contributed by atoms with Gasteiger partial charge in [0.25, 0.3) is 0 Å². The molecule has 0 amide bonds. The first-order chi connectivity index (χ1) is 10.4. The third-order valence-corrected chi connectivity index (χ3v) is 3.68. The summed E-state index contributed by atoms with van der Waals surface area (Å²) in [5, 5.41) is 0. The highest BCUT2D eigenvalue weighted by Gasteiger charge is 2.11. The molecule has 2 heteroatoms. The molecule has 0 aliphatic carbocycles. The molecule has 0 aliphatic rings. The van der Waals surface area contributed by atoms with Gasteiger partial charge in [-0.3, -0.25) is 0 Å². The Balaban J connectivity index is 2.11. The molecule has 0 saturated carbocycles. The summed E-state index contributed by atoms with van der Waals surface area (Å²) in [6, 6.07) is 25.4. The van der Waals surface area contributed by atoms with Crippen LogP contribution in [0.15, 0.2) is 72.8 Å². The Bertz CT molecular complexity index is 684. The van der Waals surface area contributed by atoms with E-state index in [4.69, 9.17) is 5.73 Å². The van der Waals surface area contributed by atoms with E-state index in [0.29, 0.717) is 0 Å². The van der Waals surface area contributed by atoms with Gasteiger partial charge in [-0.25, -0.2) is 0 Å². The van der Waals surface area contributed by atoms with Crippen molar-refractivity contribution in [2.24, 2.45) is 5.73 Å². The highest BCUT2D eigenvalue weighted by Crippen LogP contribution is 2.27. The minimum absolute atomic E-state index is 0.723. The van der Waals surface area contributed by atoms with Gasteiger partial charge in [-0.1, -0.05) is 48.5 Å². The third-order valence-electron chi connectivity index (χ3n) is 3.68. The molecule has 3 aromatic rings. The van der Waals surface area contributed by atoms with Crippen LogP contribution in [0.25, 0.3) is 16.9 Å². The van der Waals surface area contributed by atoms with E-state index in [-0.39, 0.29) is 0 Å². The molecule has 1 heterocycles.